The number of allylic oxidation sites excluding steroid dienone is 10. The number of aliphatic hydroxyl groups is 1. The second-order valence-electron chi connectivity index (χ2n) is 7.20. The van der Waals surface area contributed by atoms with Gasteiger partial charge in [0.2, 0.25) is 5.56 Å². The van der Waals surface area contributed by atoms with Crippen LogP contribution in [0.3, 0.4) is 0 Å². The standard InChI is InChI=1S/C27H35NO2/c1-5-23(6-2)15-12-10-9-11-13-20-27(30,8-4)21-24(7-3)16-14-17-25-18-19-26(29)28-22-25/h5,7,9-12,14-19,22,30H,1,3,6,8,13,20-21H2,2,4H3,(H,28,29)/b11-9+,12-10+,17-14+,23-15+,24-16+. The van der Waals surface area contributed by atoms with Crippen LogP contribution in [0.4, 0.5) is 0 Å². The summed E-state index contributed by atoms with van der Waals surface area (Å²) in [6.45, 7) is 11.8. The number of rotatable bonds is 13. The molecule has 1 unspecified atom stereocenters. The van der Waals surface area contributed by atoms with Crippen LogP contribution in [0.2, 0.25) is 0 Å². The van der Waals surface area contributed by atoms with E-state index in [2.05, 4.69) is 37.2 Å². The molecule has 0 amide bonds. The van der Waals surface area contributed by atoms with Gasteiger partial charge >= 0.3 is 0 Å². The zero-order chi connectivity index (χ0) is 22.2. The van der Waals surface area contributed by atoms with Crippen molar-refractivity contribution >= 4 is 6.08 Å². The molecule has 1 atom stereocenters. The molecule has 0 saturated carbocycles. The Labute approximate surface area is 181 Å². The maximum absolute atomic E-state index is 11.1. The lowest BCUT2D eigenvalue weighted by Crippen LogP contribution is -2.27. The molecule has 0 aliphatic heterocycles. The number of nitrogens with one attached hydrogen (secondary N) is 1. The monoisotopic (exact) mass is 405 g/mol. The molecule has 1 aromatic rings. The van der Waals surface area contributed by atoms with E-state index in [-0.39, 0.29) is 5.56 Å². The maximum atomic E-state index is 11.1. The van der Waals surface area contributed by atoms with Crippen molar-refractivity contribution in [2.45, 2.75) is 51.6 Å². The highest BCUT2D eigenvalue weighted by Gasteiger charge is 2.24. The van der Waals surface area contributed by atoms with E-state index in [1.54, 1.807) is 18.3 Å². The van der Waals surface area contributed by atoms with Crippen molar-refractivity contribution < 1.29 is 5.11 Å². The van der Waals surface area contributed by atoms with Gasteiger partial charge in [-0.15, -0.1) is 0 Å². The highest BCUT2D eigenvalue weighted by molar-refractivity contribution is 5.50. The van der Waals surface area contributed by atoms with Crippen LogP contribution in [0.15, 0.2) is 102 Å². The minimum atomic E-state index is -0.766. The number of hydrogen-bond acceptors (Lipinski definition) is 2. The molecule has 30 heavy (non-hydrogen) atoms. The fourth-order valence-electron chi connectivity index (χ4n) is 2.88. The van der Waals surface area contributed by atoms with Crippen LogP contribution in [-0.2, 0) is 0 Å². The summed E-state index contributed by atoms with van der Waals surface area (Å²) in [4.78, 5) is 13.8. The van der Waals surface area contributed by atoms with Gasteiger partial charge in [0.1, 0.15) is 0 Å². The summed E-state index contributed by atoms with van der Waals surface area (Å²) in [5, 5.41) is 11.0. The van der Waals surface area contributed by atoms with Gasteiger partial charge in [0.25, 0.3) is 0 Å². The van der Waals surface area contributed by atoms with Gasteiger partial charge in [0.15, 0.2) is 0 Å². The molecule has 0 aromatic carbocycles. The SMILES string of the molecule is C=C\C(=C/C=C/C=C/CCC(O)(CC)C/C(C=C)=C/C=C/c1ccc(=O)[nH]c1)CC. The largest absolute Gasteiger partial charge is 0.390 e. The molecule has 1 rings (SSSR count). The Morgan fingerprint density at radius 1 is 1.07 bits per heavy atom. The number of hydrogen-bond donors (Lipinski definition) is 2. The van der Waals surface area contributed by atoms with Gasteiger partial charge in [-0.2, -0.15) is 0 Å². The van der Waals surface area contributed by atoms with Crippen molar-refractivity contribution in [2.75, 3.05) is 0 Å². The van der Waals surface area contributed by atoms with Gasteiger partial charge in [-0.1, -0.05) is 87.8 Å². The lowest BCUT2D eigenvalue weighted by atomic mass is 9.87. The molecule has 0 spiro atoms. The predicted octanol–water partition coefficient (Wildman–Crippen LogP) is 6.45. The molecule has 1 aromatic heterocycles. The van der Waals surface area contributed by atoms with Crippen molar-refractivity contribution in [3.63, 3.8) is 0 Å². The van der Waals surface area contributed by atoms with E-state index in [4.69, 9.17) is 0 Å². The Hall–Kier alpha value is -2.91. The molecule has 2 N–H and O–H groups in total. The van der Waals surface area contributed by atoms with Crippen molar-refractivity contribution in [1.82, 2.24) is 4.98 Å². The Morgan fingerprint density at radius 3 is 2.40 bits per heavy atom. The van der Waals surface area contributed by atoms with E-state index in [0.29, 0.717) is 19.3 Å². The molecular weight excluding hydrogens is 370 g/mol. The Bertz CT molecular complexity index is 860. The van der Waals surface area contributed by atoms with Crippen LogP contribution < -0.4 is 5.56 Å². The van der Waals surface area contributed by atoms with E-state index in [9.17, 15) is 9.90 Å². The zero-order valence-corrected chi connectivity index (χ0v) is 18.3. The van der Waals surface area contributed by atoms with Crippen molar-refractivity contribution in [1.29, 1.82) is 0 Å². The molecule has 0 fully saturated rings. The third-order valence-corrected chi connectivity index (χ3v) is 4.98. The van der Waals surface area contributed by atoms with Crippen LogP contribution in [0.25, 0.3) is 6.08 Å². The number of H-pyrrole nitrogens is 1. The van der Waals surface area contributed by atoms with E-state index in [0.717, 1.165) is 24.0 Å². The third-order valence-electron chi connectivity index (χ3n) is 4.98. The highest BCUT2D eigenvalue weighted by Crippen LogP contribution is 2.26. The first-order valence-corrected chi connectivity index (χ1v) is 10.5. The molecule has 160 valence electrons. The first kappa shape index (κ1) is 25.1. The van der Waals surface area contributed by atoms with E-state index < -0.39 is 5.60 Å². The van der Waals surface area contributed by atoms with Gasteiger partial charge in [-0.25, -0.2) is 0 Å². The fourth-order valence-corrected chi connectivity index (χ4v) is 2.88. The fraction of sp³-hybridized carbons (Fsp3) is 0.296. The van der Waals surface area contributed by atoms with Crippen LogP contribution in [0.5, 0.6) is 0 Å². The van der Waals surface area contributed by atoms with Crippen molar-refractivity contribution in [2.24, 2.45) is 0 Å². The smallest absolute Gasteiger partial charge is 0.247 e. The average Bonchev–Trinajstić information content (AvgIpc) is 2.76. The number of pyridine rings is 1. The predicted molar refractivity (Wildman–Crippen MR) is 130 cm³/mol. The molecule has 0 aliphatic carbocycles. The summed E-state index contributed by atoms with van der Waals surface area (Å²) in [6, 6.07) is 3.25. The van der Waals surface area contributed by atoms with Crippen LogP contribution in [-0.4, -0.2) is 15.7 Å². The number of aromatic nitrogens is 1. The molecule has 0 aliphatic rings. The van der Waals surface area contributed by atoms with Crippen molar-refractivity contribution in [3.8, 4) is 0 Å². The minimum Gasteiger partial charge on any atom is -0.390 e. The van der Waals surface area contributed by atoms with Gasteiger partial charge in [0.05, 0.1) is 5.60 Å². The first-order valence-electron chi connectivity index (χ1n) is 10.5. The zero-order valence-electron chi connectivity index (χ0n) is 18.3. The Morgan fingerprint density at radius 2 is 1.80 bits per heavy atom. The second kappa shape index (κ2) is 14.1. The first-order chi connectivity index (χ1) is 14.5. The lowest BCUT2D eigenvalue weighted by molar-refractivity contribution is 0.0295. The van der Waals surface area contributed by atoms with Gasteiger partial charge < -0.3 is 10.1 Å². The average molecular weight is 406 g/mol. The molecule has 0 saturated heterocycles. The Kier molecular flexibility index (Phi) is 11.8. The molecule has 0 radical (unpaired) electrons. The van der Waals surface area contributed by atoms with E-state index in [1.165, 1.54) is 11.6 Å². The molecule has 3 heteroatoms. The highest BCUT2D eigenvalue weighted by atomic mass is 16.3. The summed E-state index contributed by atoms with van der Waals surface area (Å²) in [6.07, 6.45) is 24.9. The van der Waals surface area contributed by atoms with Crippen LogP contribution in [0, 0.1) is 0 Å². The second-order valence-corrected chi connectivity index (χ2v) is 7.20. The van der Waals surface area contributed by atoms with E-state index >= 15 is 0 Å². The quantitative estimate of drug-likeness (QED) is 0.371. The summed E-state index contributed by atoms with van der Waals surface area (Å²) in [5.74, 6) is 0. The summed E-state index contributed by atoms with van der Waals surface area (Å²) in [5.41, 5.74) is 2.21. The van der Waals surface area contributed by atoms with Gasteiger partial charge in [-0.05, 0) is 48.5 Å². The molecular formula is C27H35NO2. The summed E-state index contributed by atoms with van der Waals surface area (Å²) >= 11 is 0. The summed E-state index contributed by atoms with van der Waals surface area (Å²) in [7, 11) is 0. The third kappa shape index (κ3) is 10.0. The molecule has 1 heterocycles. The van der Waals surface area contributed by atoms with Crippen LogP contribution in [0.1, 0.15) is 51.5 Å². The lowest BCUT2D eigenvalue weighted by Gasteiger charge is -2.27. The topological polar surface area (TPSA) is 53.1 Å². The minimum absolute atomic E-state index is 0.119. The van der Waals surface area contributed by atoms with E-state index in [1.807, 2.05) is 49.5 Å². The number of aromatic amines is 1. The normalized spacial score (nSPS) is 15.2. The Balaban J connectivity index is 2.63. The molecule has 3 nitrogen and oxygen atoms in total. The van der Waals surface area contributed by atoms with Crippen LogP contribution >= 0.6 is 0 Å². The molecule has 0 bridgehead atoms. The van der Waals surface area contributed by atoms with Gasteiger partial charge in [-0.3, -0.25) is 4.79 Å². The van der Waals surface area contributed by atoms with Gasteiger partial charge in [0, 0.05) is 18.7 Å². The van der Waals surface area contributed by atoms with Crippen molar-refractivity contribution in [3.05, 3.63) is 113 Å². The maximum Gasteiger partial charge on any atom is 0.247 e. The summed E-state index contributed by atoms with van der Waals surface area (Å²) < 4.78 is 0.